The van der Waals surface area contributed by atoms with E-state index in [0.717, 1.165) is 37.8 Å². The van der Waals surface area contributed by atoms with Gasteiger partial charge in [0.1, 0.15) is 11.6 Å². The van der Waals surface area contributed by atoms with Gasteiger partial charge in [-0.2, -0.15) is 0 Å². The summed E-state index contributed by atoms with van der Waals surface area (Å²) in [6.07, 6.45) is 3.63. The van der Waals surface area contributed by atoms with Crippen molar-refractivity contribution in [3.63, 3.8) is 0 Å². The van der Waals surface area contributed by atoms with Crippen LogP contribution in [0.5, 0.6) is 0 Å². The zero-order chi connectivity index (χ0) is 13.9. The average Bonchev–Trinajstić information content (AvgIpc) is 2.43. The molecule has 1 aliphatic rings. The summed E-state index contributed by atoms with van der Waals surface area (Å²) in [5, 5.41) is 12.9. The van der Waals surface area contributed by atoms with Crippen molar-refractivity contribution in [2.45, 2.75) is 41.4 Å². The maximum atomic E-state index is 13.6. The normalized spacial score (nSPS) is 27.5. The Hall–Kier alpha value is -0.650. The number of halogens is 2. The third kappa shape index (κ3) is 3.46. The molecule has 5 heteroatoms. The van der Waals surface area contributed by atoms with Gasteiger partial charge in [-0.1, -0.05) is 6.42 Å². The van der Waals surface area contributed by atoms with Gasteiger partial charge < -0.3 is 10.4 Å². The number of aliphatic hydroxyl groups is 1. The van der Waals surface area contributed by atoms with E-state index in [0.29, 0.717) is 4.90 Å². The monoisotopic (exact) mass is 287 g/mol. The van der Waals surface area contributed by atoms with Crippen molar-refractivity contribution in [3.8, 4) is 0 Å². The maximum Gasteiger partial charge on any atom is 0.136 e. The van der Waals surface area contributed by atoms with Crippen molar-refractivity contribution in [2.75, 3.05) is 13.7 Å². The number of hydrogen-bond acceptors (Lipinski definition) is 3. The molecule has 1 saturated carbocycles. The van der Waals surface area contributed by atoms with Gasteiger partial charge in [0.2, 0.25) is 0 Å². The molecule has 1 fully saturated rings. The van der Waals surface area contributed by atoms with Crippen LogP contribution in [-0.2, 0) is 0 Å². The van der Waals surface area contributed by atoms with E-state index in [1.165, 1.54) is 17.8 Å². The van der Waals surface area contributed by atoms with Crippen LogP contribution in [0.4, 0.5) is 8.78 Å². The Labute approximate surface area is 116 Å². The SMILES string of the molecule is CNC1(CO)CCCC(Sc2cc(F)ccc2F)C1. The fraction of sp³-hybridized carbons (Fsp3) is 0.571. The molecule has 1 aromatic carbocycles. The molecule has 2 N–H and O–H groups in total. The first-order valence-electron chi connectivity index (χ1n) is 6.50. The standard InChI is InChI=1S/C14H19F2NOS/c1-17-14(9-18)6-2-3-11(8-14)19-13-7-10(15)4-5-12(13)16/h4-5,7,11,17-18H,2-3,6,8-9H2,1H3. The predicted octanol–water partition coefficient (Wildman–Crippen LogP) is 2.95. The predicted molar refractivity (Wildman–Crippen MR) is 73.3 cm³/mol. The molecule has 0 spiro atoms. The first-order chi connectivity index (χ1) is 9.08. The Morgan fingerprint density at radius 2 is 2.26 bits per heavy atom. The average molecular weight is 287 g/mol. The Morgan fingerprint density at radius 1 is 1.47 bits per heavy atom. The highest BCUT2D eigenvalue weighted by Crippen LogP contribution is 2.39. The van der Waals surface area contributed by atoms with Gasteiger partial charge in [0.15, 0.2) is 0 Å². The molecule has 2 nitrogen and oxygen atoms in total. The fourth-order valence-corrected chi connectivity index (χ4v) is 4.01. The zero-order valence-electron chi connectivity index (χ0n) is 11.0. The lowest BCUT2D eigenvalue weighted by atomic mass is 9.82. The van der Waals surface area contributed by atoms with Crippen molar-refractivity contribution < 1.29 is 13.9 Å². The third-order valence-electron chi connectivity index (χ3n) is 3.82. The number of rotatable bonds is 4. The second-order valence-corrected chi connectivity index (χ2v) is 6.44. The van der Waals surface area contributed by atoms with E-state index in [-0.39, 0.29) is 23.2 Å². The van der Waals surface area contributed by atoms with Gasteiger partial charge in [0.25, 0.3) is 0 Å². The van der Waals surface area contributed by atoms with Crippen LogP contribution in [0.3, 0.4) is 0 Å². The summed E-state index contributed by atoms with van der Waals surface area (Å²) in [7, 11) is 1.84. The molecule has 2 atom stereocenters. The van der Waals surface area contributed by atoms with Crippen LogP contribution in [0.2, 0.25) is 0 Å². The smallest absolute Gasteiger partial charge is 0.136 e. The van der Waals surface area contributed by atoms with Crippen LogP contribution >= 0.6 is 11.8 Å². The van der Waals surface area contributed by atoms with Gasteiger partial charge in [-0.05, 0) is 44.5 Å². The number of benzene rings is 1. The summed E-state index contributed by atoms with van der Waals surface area (Å²) < 4.78 is 26.8. The van der Waals surface area contributed by atoms with Crippen LogP contribution < -0.4 is 5.32 Å². The van der Waals surface area contributed by atoms with Crippen LogP contribution in [0.1, 0.15) is 25.7 Å². The number of aliphatic hydroxyl groups excluding tert-OH is 1. The number of nitrogens with one attached hydrogen (secondary N) is 1. The Bertz CT molecular complexity index is 437. The lowest BCUT2D eigenvalue weighted by Crippen LogP contribution is -2.50. The molecule has 1 aliphatic carbocycles. The first kappa shape index (κ1) is 14.8. The molecule has 0 amide bonds. The van der Waals surface area contributed by atoms with Gasteiger partial charge in [-0.15, -0.1) is 11.8 Å². The summed E-state index contributed by atoms with van der Waals surface area (Å²) in [6.45, 7) is 0.0756. The summed E-state index contributed by atoms with van der Waals surface area (Å²) in [5.41, 5.74) is -0.278. The van der Waals surface area contributed by atoms with E-state index >= 15 is 0 Å². The summed E-state index contributed by atoms with van der Waals surface area (Å²) in [6, 6.07) is 3.54. The molecule has 0 heterocycles. The summed E-state index contributed by atoms with van der Waals surface area (Å²) in [5.74, 6) is -0.794. The fourth-order valence-electron chi connectivity index (χ4n) is 2.61. The van der Waals surface area contributed by atoms with Crippen LogP contribution in [0.15, 0.2) is 23.1 Å². The van der Waals surface area contributed by atoms with E-state index in [1.807, 2.05) is 7.05 Å². The molecule has 2 rings (SSSR count). The lowest BCUT2D eigenvalue weighted by Gasteiger charge is -2.39. The third-order valence-corrected chi connectivity index (χ3v) is 5.12. The molecule has 0 aliphatic heterocycles. The molecule has 19 heavy (non-hydrogen) atoms. The zero-order valence-corrected chi connectivity index (χ0v) is 11.8. The van der Waals surface area contributed by atoms with Crippen LogP contribution in [0.25, 0.3) is 0 Å². The van der Waals surface area contributed by atoms with Crippen LogP contribution in [-0.4, -0.2) is 29.5 Å². The topological polar surface area (TPSA) is 32.3 Å². The molecule has 0 saturated heterocycles. The second-order valence-electron chi connectivity index (χ2n) is 5.10. The number of thioether (sulfide) groups is 1. The van der Waals surface area contributed by atoms with Gasteiger partial charge in [0.05, 0.1) is 6.61 Å². The summed E-state index contributed by atoms with van der Waals surface area (Å²) in [4.78, 5) is 0.356. The van der Waals surface area contributed by atoms with Crippen molar-refractivity contribution in [1.29, 1.82) is 0 Å². The Kier molecular flexibility index (Phi) is 4.81. The molecule has 0 bridgehead atoms. The lowest BCUT2D eigenvalue weighted by molar-refractivity contribution is 0.131. The molecule has 0 radical (unpaired) electrons. The van der Waals surface area contributed by atoms with E-state index in [4.69, 9.17) is 0 Å². The number of hydrogen-bond donors (Lipinski definition) is 2. The van der Waals surface area contributed by atoms with Gasteiger partial charge >= 0.3 is 0 Å². The highest BCUT2D eigenvalue weighted by Gasteiger charge is 2.35. The Balaban J connectivity index is 2.08. The van der Waals surface area contributed by atoms with Gasteiger partial charge in [-0.25, -0.2) is 8.78 Å². The van der Waals surface area contributed by atoms with E-state index in [1.54, 1.807) is 0 Å². The second kappa shape index (κ2) is 6.20. The minimum atomic E-state index is -0.415. The minimum Gasteiger partial charge on any atom is -0.394 e. The van der Waals surface area contributed by atoms with Crippen LogP contribution in [0, 0.1) is 11.6 Å². The van der Waals surface area contributed by atoms with E-state index in [2.05, 4.69) is 5.32 Å². The van der Waals surface area contributed by atoms with Gasteiger partial charge in [-0.3, -0.25) is 0 Å². The maximum absolute atomic E-state index is 13.6. The Morgan fingerprint density at radius 3 is 2.95 bits per heavy atom. The molecule has 0 aromatic heterocycles. The van der Waals surface area contributed by atoms with Gasteiger partial charge in [0, 0.05) is 15.7 Å². The van der Waals surface area contributed by atoms with E-state index < -0.39 is 5.82 Å². The first-order valence-corrected chi connectivity index (χ1v) is 7.38. The highest BCUT2D eigenvalue weighted by atomic mass is 32.2. The summed E-state index contributed by atoms with van der Waals surface area (Å²) >= 11 is 1.37. The van der Waals surface area contributed by atoms with Crippen molar-refractivity contribution in [2.24, 2.45) is 0 Å². The molecule has 1 aromatic rings. The minimum absolute atomic E-state index is 0.0756. The van der Waals surface area contributed by atoms with E-state index in [9.17, 15) is 13.9 Å². The molecule has 2 unspecified atom stereocenters. The molecule has 106 valence electrons. The van der Waals surface area contributed by atoms with Crippen molar-refractivity contribution >= 4 is 11.8 Å². The number of likely N-dealkylation sites (N-methyl/N-ethyl adjacent to an activating group) is 1. The highest BCUT2D eigenvalue weighted by molar-refractivity contribution is 8.00. The quantitative estimate of drug-likeness (QED) is 0.893. The molecular weight excluding hydrogens is 268 g/mol. The largest absolute Gasteiger partial charge is 0.394 e. The molecular formula is C14H19F2NOS. The van der Waals surface area contributed by atoms with Crippen molar-refractivity contribution in [1.82, 2.24) is 5.32 Å². The van der Waals surface area contributed by atoms with Crippen molar-refractivity contribution in [3.05, 3.63) is 29.8 Å².